The molecule has 1 saturated heterocycles. The lowest BCUT2D eigenvalue weighted by Crippen LogP contribution is -2.32. The predicted octanol–water partition coefficient (Wildman–Crippen LogP) is 1.53. The van der Waals surface area contributed by atoms with Crippen LogP contribution < -0.4 is 5.69 Å². The summed E-state index contributed by atoms with van der Waals surface area (Å²) in [6.45, 7) is 3.03. The third-order valence-electron chi connectivity index (χ3n) is 4.93. The minimum Gasteiger partial charge on any atom is -0.336 e. The second-order valence-corrected chi connectivity index (χ2v) is 6.44. The molecule has 0 unspecified atom stereocenters. The van der Waals surface area contributed by atoms with Gasteiger partial charge in [-0.05, 0) is 37.1 Å². The number of rotatable bonds is 2. The van der Waals surface area contributed by atoms with Gasteiger partial charge in [-0.1, -0.05) is 0 Å². The molecule has 4 rings (SSSR count). The Kier molecular flexibility index (Phi) is 3.63. The van der Waals surface area contributed by atoms with E-state index in [-0.39, 0.29) is 17.6 Å². The number of likely N-dealkylation sites (tertiary alicyclic amines) is 1. The molecule has 4 heterocycles. The Morgan fingerprint density at radius 1 is 1.28 bits per heavy atom. The van der Waals surface area contributed by atoms with Crippen molar-refractivity contribution in [1.29, 1.82) is 0 Å². The van der Waals surface area contributed by atoms with E-state index in [0.29, 0.717) is 24.3 Å². The van der Waals surface area contributed by atoms with Crippen molar-refractivity contribution in [3.63, 3.8) is 0 Å². The second-order valence-electron chi connectivity index (χ2n) is 6.44. The van der Waals surface area contributed by atoms with Gasteiger partial charge in [0.2, 0.25) is 0 Å². The van der Waals surface area contributed by atoms with E-state index in [4.69, 9.17) is 0 Å². The third kappa shape index (κ3) is 2.43. The highest BCUT2D eigenvalue weighted by Gasteiger charge is 2.31. The fourth-order valence-corrected chi connectivity index (χ4v) is 3.52. The van der Waals surface area contributed by atoms with E-state index in [2.05, 4.69) is 9.97 Å². The molecule has 0 bridgehead atoms. The zero-order chi connectivity index (χ0) is 17.6. The summed E-state index contributed by atoms with van der Waals surface area (Å²) in [7, 11) is 1.75. The smallest absolute Gasteiger partial charge is 0.330 e. The average molecular weight is 337 g/mol. The zero-order valence-corrected chi connectivity index (χ0v) is 14.2. The molecule has 1 aliphatic heterocycles. The molecule has 25 heavy (non-hydrogen) atoms. The highest BCUT2D eigenvalue weighted by Crippen LogP contribution is 2.25. The van der Waals surface area contributed by atoms with Crippen LogP contribution in [-0.2, 0) is 7.05 Å². The highest BCUT2D eigenvalue weighted by molar-refractivity contribution is 5.95. The van der Waals surface area contributed by atoms with Crippen molar-refractivity contribution in [2.24, 2.45) is 7.05 Å². The van der Waals surface area contributed by atoms with Gasteiger partial charge in [0, 0.05) is 38.7 Å². The van der Waals surface area contributed by atoms with Crippen molar-refractivity contribution < 1.29 is 4.79 Å². The van der Waals surface area contributed by atoms with E-state index < -0.39 is 0 Å². The number of amides is 1. The molecule has 7 heteroatoms. The molecule has 1 aliphatic rings. The molecule has 0 N–H and O–H groups in total. The van der Waals surface area contributed by atoms with Crippen molar-refractivity contribution in [2.45, 2.75) is 19.4 Å². The van der Waals surface area contributed by atoms with Crippen LogP contribution in [0.4, 0.5) is 0 Å². The number of fused-ring (bicyclic) bond motifs is 1. The summed E-state index contributed by atoms with van der Waals surface area (Å²) in [5, 5.41) is 0. The number of hydrogen-bond acceptors (Lipinski definition) is 4. The number of imidazole rings is 1. The minimum atomic E-state index is -0.0921. The van der Waals surface area contributed by atoms with Crippen LogP contribution in [0.15, 0.2) is 41.6 Å². The molecular weight excluding hydrogens is 318 g/mol. The van der Waals surface area contributed by atoms with Crippen molar-refractivity contribution in [2.75, 3.05) is 13.1 Å². The summed E-state index contributed by atoms with van der Waals surface area (Å²) in [6, 6.07) is 5.48. The van der Waals surface area contributed by atoms with E-state index in [1.165, 1.54) is 0 Å². The summed E-state index contributed by atoms with van der Waals surface area (Å²) in [5.41, 5.74) is 2.91. The molecule has 0 aromatic carbocycles. The summed E-state index contributed by atoms with van der Waals surface area (Å²) in [4.78, 5) is 35.7. The first kappa shape index (κ1) is 15.6. The van der Waals surface area contributed by atoms with Crippen LogP contribution in [0.1, 0.15) is 28.4 Å². The second kappa shape index (κ2) is 5.84. The molecule has 0 radical (unpaired) electrons. The molecule has 1 amide bonds. The zero-order valence-electron chi connectivity index (χ0n) is 14.2. The molecule has 0 spiro atoms. The standard InChI is InChI=1S/C18H19N5O2/c1-12-5-8-19-10-14(12)17(24)22-9-6-13(11-22)23-16-15(4-3-7-20-16)21(2)18(23)25/h3-5,7-8,10,13H,6,9,11H2,1-2H3/t13-/m0/s1. The Hall–Kier alpha value is -2.96. The maximum atomic E-state index is 12.8. The lowest BCUT2D eigenvalue weighted by atomic mass is 10.1. The Morgan fingerprint density at radius 2 is 2.12 bits per heavy atom. The first-order valence-corrected chi connectivity index (χ1v) is 8.29. The SMILES string of the molecule is Cc1ccncc1C(=O)N1CC[C@H](n2c(=O)n(C)c3cccnc32)C1. The van der Waals surface area contributed by atoms with Crippen molar-refractivity contribution in [3.05, 3.63) is 58.4 Å². The largest absolute Gasteiger partial charge is 0.336 e. The van der Waals surface area contributed by atoms with Gasteiger partial charge in [-0.2, -0.15) is 0 Å². The first-order chi connectivity index (χ1) is 12.1. The minimum absolute atomic E-state index is 0.0330. The van der Waals surface area contributed by atoms with E-state index in [9.17, 15) is 9.59 Å². The van der Waals surface area contributed by atoms with Gasteiger partial charge in [0.15, 0.2) is 5.65 Å². The van der Waals surface area contributed by atoms with Gasteiger partial charge < -0.3 is 4.90 Å². The van der Waals surface area contributed by atoms with Gasteiger partial charge in [-0.25, -0.2) is 9.78 Å². The van der Waals surface area contributed by atoms with E-state index in [0.717, 1.165) is 17.5 Å². The van der Waals surface area contributed by atoms with E-state index in [1.807, 2.05) is 25.1 Å². The van der Waals surface area contributed by atoms with E-state index in [1.54, 1.807) is 39.7 Å². The van der Waals surface area contributed by atoms with Crippen LogP contribution in [-0.4, -0.2) is 43.0 Å². The number of hydrogen-bond donors (Lipinski definition) is 0. The molecule has 1 atom stereocenters. The Labute approximate surface area is 144 Å². The van der Waals surface area contributed by atoms with Gasteiger partial charge in [0.25, 0.3) is 5.91 Å². The molecule has 128 valence electrons. The van der Waals surface area contributed by atoms with Gasteiger partial charge in [0.05, 0.1) is 17.1 Å². The quantitative estimate of drug-likeness (QED) is 0.711. The fraction of sp³-hybridized carbons (Fsp3) is 0.333. The molecule has 3 aromatic heterocycles. The van der Waals surface area contributed by atoms with Crippen molar-refractivity contribution in [3.8, 4) is 0 Å². The number of aromatic nitrogens is 4. The van der Waals surface area contributed by atoms with Crippen LogP contribution >= 0.6 is 0 Å². The molecular formula is C18H19N5O2. The normalized spacial score (nSPS) is 17.4. The number of pyridine rings is 2. The van der Waals surface area contributed by atoms with Gasteiger partial charge in [0.1, 0.15) is 0 Å². The van der Waals surface area contributed by atoms with Crippen LogP contribution in [0.5, 0.6) is 0 Å². The van der Waals surface area contributed by atoms with Crippen LogP contribution in [0.3, 0.4) is 0 Å². The maximum Gasteiger partial charge on any atom is 0.330 e. The number of nitrogens with zero attached hydrogens (tertiary/aromatic N) is 5. The Morgan fingerprint density at radius 3 is 2.92 bits per heavy atom. The van der Waals surface area contributed by atoms with Gasteiger partial charge in [-0.15, -0.1) is 0 Å². The summed E-state index contributed by atoms with van der Waals surface area (Å²) in [5.74, 6) is -0.0330. The Balaban J connectivity index is 1.66. The topological polar surface area (TPSA) is 73.0 Å². The highest BCUT2D eigenvalue weighted by atomic mass is 16.2. The summed E-state index contributed by atoms with van der Waals surface area (Å²) >= 11 is 0. The van der Waals surface area contributed by atoms with Crippen LogP contribution in [0.2, 0.25) is 0 Å². The van der Waals surface area contributed by atoms with Gasteiger partial charge in [-0.3, -0.25) is 18.9 Å². The summed E-state index contributed by atoms with van der Waals surface area (Å²) < 4.78 is 3.33. The monoisotopic (exact) mass is 337 g/mol. The predicted molar refractivity (Wildman–Crippen MR) is 93.5 cm³/mol. The Bertz CT molecular complexity index is 1020. The summed E-state index contributed by atoms with van der Waals surface area (Å²) in [6.07, 6.45) is 5.71. The number of aryl methyl sites for hydroxylation is 2. The third-order valence-corrected chi connectivity index (χ3v) is 4.93. The lowest BCUT2D eigenvalue weighted by molar-refractivity contribution is 0.0786. The van der Waals surface area contributed by atoms with Gasteiger partial charge >= 0.3 is 5.69 Å². The molecule has 0 aliphatic carbocycles. The number of carbonyl (C=O) groups is 1. The molecule has 0 saturated carbocycles. The fourth-order valence-electron chi connectivity index (χ4n) is 3.52. The number of carbonyl (C=O) groups excluding carboxylic acids is 1. The van der Waals surface area contributed by atoms with Crippen LogP contribution in [0, 0.1) is 6.92 Å². The van der Waals surface area contributed by atoms with E-state index >= 15 is 0 Å². The molecule has 3 aromatic rings. The first-order valence-electron chi connectivity index (χ1n) is 8.29. The van der Waals surface area contributed by atoms with Crippen molar-refractivity contribution >= 4 is 17.1 Å². The van der Waals surface area contributed by atoms with Crippen LogP contribution in [0.25, 0.3) is 11.2 Å². The molecule has 7 nitrogen and oxygen atoms in total. The lowest BCUT2D eigenvalue weighted by Gasteiger charge is -2.17. The molecule has 1 fully saturated rings. The maximum absolute atomic E-state index is 12.8. The average Bonchev–Trinajstić information content (AvgIpc) is 3.19. The van der Waals surface area contributed by atoms with Crippen molar-refractivity contribution in [1.82, 2.24) is 24.0 Å².